The fraction of sp³-hybridized carbons (Fsp3) is 0.159. The number of carbonyl (C=O) groups is 1. The summed E-state index contributed by atoms with van der Waals surface area (Å²) in [6, 6.07) is 61.9. The van der Waals surface area contributed by atoms with Crippen molar-refractivity contribution in [1.82, 2.24) is 4.90 Å². The lowest BCUT2D eigenvalue weighted by molar-refractivity contribution is -0.933. The van der Waals surface area contributed by atoms with Crippen molar-refractivity contribution in [2.45, 2.75) is 0 Å². The molecule has 0 aliphatic carbocycles. The quantitative estimate of drug-likeness (QED) is 0.122. The molecular weight excluding hydrogens is 583 g/mol. The summed E-state index contributed by atoms with van der Waals surface area (Å²) in [7, 11) is 0. The summed E-state index contributed by atoms with van der Waals surface area (Å²) in [6.45, 7) is 7.52. The maximum absolute atomic E-state index is 12.7. The first-order valence-electron chi connectivity index (χ1n) is 17.3. The SMILES string of the molecule is O=C(C[N+]12CCN(CC1)CC2)c1ccc(-c2ccccc2)cc1.c1ccc([B-](c2ccccc2)(c2ccccc2)c2ccccc2)cc1. The number of rotatable bonds is 8. The van der Waals surface area contributed by atoms with E-state index in [4.69, 9.17) is 0 Å². The molecule has 3 saturated heterocycles. The number of hydrogen-bond donors (Lipinski definition) is 0. The van der Waals surface area contributed by atoms with Crippen molar-refractivity contribution in [3.63, 3.8) is 0 Å². The van der Waals surface area contributed by atoms with Crippen molar-refractivity contribution in [3.8, 4) is 11.1 Å². The van der Waals surface area contributed by atoms with Gasteiger partial charge in [-0.05, 0) is 11.1 Å². The van der Waals surface area contributed by atoms with Crippen LogP contribution in [-0.2, 0) is 0 Å². The summed E-state index contributed by atoms with van der Waals surface area (Å²) < 4.78 is 0.996. The van der Waals surface area contributed by atoms with Gasteiger partial charge in [0.15, 0.2) is 0 Å². The molecule has 3 fully saturated rings. The number of quaternary nitrogens is 1. The molecule has 6 aromatic rings. The Morgan fingerprint density at radius 2 is 0.792 bits per heavy atom. The summed E-state index contributed by atoms with van der Waals surface area (Å²) in [6.07, 6.45) is -1.22. The van der Waals surface area contributed by atoms with Gasteiger partial charge in [0.05, 0.1) is 19.6 Å². The van der Waals surface area contributed by atoms with Crippen molar-refractivity contribution < 1.29 is 9.28 Å². The Morgan fingerprint density at radius 1 is 0.458 bits per heavy atom. The lowest BCUT2D eigenvalue weighted by Crippen LogP contribution is -2.74. The molecule has 0 unspecified atom stereocenters. The van der Waals surface area contributed by atoms with Crippen molar-refractivity contribution in [2.24, 2.45) is 0 Å². The van der Waals surface area contributed by atoms with E-state index in [9.17, 15) is 4.79 Å². The van der Waals surface area contributed by atoms with Crippen LogP contribution in [-0.4, -0.2) is 67.1 Å². The van der Waals surface area contributed by atoms with Gasteiger partial charge >= 0.3 is 0 Å². The number of hydrogen-bond acceptors (Lipinski definition) is 2. The van der Waals surface area contributed by atoms with E-state index in [0.717, 1.165) is 49.3 Å². The lowest BCUT2D eigenvalue weighted by Gasteiger charge is -2.50. The van der Waals surface area contributed by atoms with Crippen molar-refractivity contribution in [2.75, 3.05) is 45.8 Å². The second-order valence-corrected chi connectivity index (χ2v) is 13.4. The van der Waals surface area contributed by atoms with Gasteiger partial charge in [-0.3, -0.25) is 9.69 Å². The first-order chi connectivity index (χ1) is 23.7. The predicted octanol–water partition coefficient (Wildman–Crippen LogP) is 5.75. The molecule has 3 aliphatic rings. The molecule has 0 radical (unpaired) electrons. The van der Waals surface area contributed by atoms with Crippen LogP contribution >= 0.6 is 0 Å². The van der Waals surface area contributed by atoms with E-state index < -0.39 is 6.15 Å². The molecule has 238 valence electrons. The van der Waals surface area contributed by atoms with Gasteiger partial charge in [0.2, 0.25) is 5.78 Å². The third-order valence-corrected chi connectivity index (χ3v) is 10.7. The molecule has 3 aliphatic heterocycles. The monoisotopic (exact) mass is 626 g/mol. The Hall–Kier alpha value is -5.03. The molecule has 3 heterocycles. The van der Waals surface area contributed by atoms with Crippen molar-refractivity contribution in [3.05, 3.63) is 181 Å². The van der Waals surface area contributed by atoms with Crippen LogP contribution in [0.1, 0.15) is 10.4 Å². The minimum atomic E-state index is -1.22. The van der Waals surface area contributed by atoms with Crippen molar-refractivity contribution >= 4 is 33.8 Å². The third-order valence-electron chi connectivity index (χ3n) is 10.7. The Bertz CT molecular complexity index is 1710. The molecule has 0 atom stereocenters. The van der Waals surface area contributed by atoms with Crippen LogP contribution in [0.3, 0.4) is 0 Å². The van der Waals surface area contributed by atoms with E-state index in [1.54, 1.807) is 0 Å². The molecule has 4 heteroatoms. The first kappa shape index (κ1) is 31.6. The normalized spacial score (nSPS) is 18.4. The smallest absolute Gasteiger partial charge is 0.216 e. The van der Waals surface area contributed by atoms with Crippen LogP contribution in [0.15, 0.2) is 176 Å². The Kier molecular flexibility index (Phi) is 9.47. The highest BCUT2D eigenvalue weighted by molar-refractivity contribution is 7.19. The van der Waals surface area contributed by atoms with E-state index in [1.165, 1.54) is 33.0 Å². The highest BCUT2D eigenvalue weighted by atomic mass is 16.1. The molecule has 0 aromatic heterocycles. The third kappa shape index (κ3) is 6.55. The van der Waals surface area contributed by atoms with E-state index in [-0.39, 0.29) is 0 Å². The number of Topliss-reactive ketones (excluding diaryl/α,β-unsaturated/α-hetero) is 1. The zero-order chi connectivity index (χ0) is 32.7. The van der Waals surface area contributed by atoms with Gasteiger partial charge in [-0.25, -0.2) is 0 Å². The second-order valence-electron chi connectivity index (χ2n) is 13.4. The molecule has 0 spiro atoms. The first-order valence-corrected chi connectivity index (χ1v) is 17.3. The standard InChI is InChI=1S/C24H20B.C20H23N2O/c1-5-13-21(14-6-1)25(22-15-7-2-8-16-22,23-17-9-3-10-18-23)24-19-11-4-12-20-24;23-20(16-22-13-10-21(11-14-22)12-15-22)19-8-6-18(7-9-19)17-4-2-1-3-5-17/h1-20H;1-9H,10-16H2/q-1;+1. The summed E-state index contributed by atoms with van der Waals surface area (Å²) in [5.41, 5.74) is 8.57. The number of fused-ring (bicyclic) bond motifs is 3. The van der Waals surface area contributed by atoms with E-state index in [0.29, 0.717) is 12.3 Å². The predicted molar refractivity (Wildman–Crippen MR) is 202 cm³/mol. The highest BCUT2D eigenvalue weighted by Crippen LogP contribution is 2.23. The average Bonchev–Trinajstić information content (AvgIpc) is 3.18. The summed E-state index contributed by atoms with van der Waals surface area (Å²) in [5, 5.41) is 0. The van der Waals surface area contributed by atoms with Crippen LogP contribution < -0.4 is 21.9 Å². The summed E-state index contributed by atoms with van der Waals surface area (Å²) in [4.78, 5) is 15.2. The van der Waals surface area contributed by atoms with E-state index >= 15 is 0 Å². The molecule has 0 amide bonds. The maximum atomic E-state index is 12.7. The minimum Gasteiger partial charge on any atom is -0.314 e. The van der Waals surface area contributed by atoms with Crippen LogP contribution in [0.5, 0.6) is 0 Å². The summed E-state index contributed by atoms with van der Waals surface area (Å²) in [5.74, 6) is 0.292. The molecule has 2 bridgehead atoms. The number of piperazine rings is 3. The van der Waals surface area contributed by atoms with Crippen LogP contribution in [0, 0.1) is 0 Å². The number of ketones is 1. The maximum Gasteiger partial charge on any atom is 0.216 e. The van der Waals surface area contributed by atoms with Gasteiger partial charge in [0, 0.05) is 25.2 Å². The molecule has 3 nitrogen and oxygen atoms in total. The average molecular weight is 627 g/mol. The van der Waals surface area contributed by atoms with Gasteiger partial charge in [-0.15, -0.1) is 0 Å². The van der Waals surface area contributed by atoms with Gasteiger partial charge in [0.1, 0.15) is 12.7 Å². The van der Waals surface area contributed by atoms with Crippen LogP contribution in [0.2, 0.25) is 0 Å². The Balaban J connectivity index is 0.000000152. The molecule has 0 saturated carbocycles. The highest BCUT2D eigenvalue weighted by Gasteiger charge is 2.40. The van der Waals surface area contributed by atoms with E-state index in [2.05, 4.69) is 150 Å². The fourth-order valence-corrected chi connectivity index (χ4v) is 7.97. The molecular formula is C44H43BN2O. The van der Waals surface area contributed by atoms with E-state index in [1.807, 2.05) is 30.3 Å². The van der Waals surface area contributed by atoms with Crippen LogP contribution in [0.4, 0.5) is 0 Å². The Labute approximate surface area is 285 Å². The minimum absolute atomic E-state index is 0.292. The van der Waals surface area contributed by atoms with Crippen molar-refractivity contribution in [1.29, 1.82) is 0 Å². The number of benzene rings is 6. The van der Waals surface area contributed by atoms with Gasteiger partial charge in [-0.1, -0.05) is 176 Å². The number of carbonyl (C=O) groups excluding carboxylic acids is 1. The van der Waals surface area contributed by atoms with Gasteiger partial charge in [-0.2, -0.15) is 21.9 Å². The van der Waals surface area contributed by atoms with Crippen LogP contribution in [0.25, 0.3) is 11.1 Å². The zero-order valence-electron chi connectivity index (χ0n) is 27.6. The lowest BCUT2D eigenvalue weighted by atomic mass is 9.13. The second kappa shape index (κ2) is 14.4. The van der Waals surface area contributed by atoms with Gasteiger partial charge in [0.25, 0.3) is 0 Å². The zero-order valence-corrected chi connectivity index (χ0v) is 27.6. The molecule has 9 rings (SSSR count). The topological polar surface area (TPSA) is 20.3 Å². The fourth-order valence-electron chi connectivity index (χ4n) is 7.97. The molecule has 48 heavy (non-hydrogen) atoms. The molecule has 6 aromatic carbocycles. The largest absolute Gasteiger partial charge is 0.314 e. The number of nitrogens with zero attached hydrogens (tertiary/aromatic N) is 2. The summed E-state index contributed by atoms with van der Waals surface area (Å²) >= 11 is 0. The van der Waals surface area contributed by atoms with Gasteiger partial charge < -0.3 is 4.48 Å². The Morgan fingerprint density at radius 3 is 1.17 bits per heavy atom. The molecule has 0 N–H and O–H groups in total.